The third-order valence-corrected chi connectivity index (χ3v) is 8.43. The summed E-state index contributed by atoms with van der Waals surface area (Å²) in [4.78, 5) is 19.8. The first kappa shape index (κ1) is 22.0. The Hall–Kier alpha value is -2.48. The molecule has 2 aliphatic carbocycles. The summed E-state index contributed by atoms with van der Waals surface area (Å²) < 4.78 is 5.35. The van der Waals surface area contributed by atoms with Gasteiger partial charge in [-0.3, -0.25) is 4.79 Å². The van der Waals surface area contributed by atoms with Crippen LogP contribution in [0.5, 0.6) is 0 Å². The summed E-state index contributed by atoms with van der Waals surface area (Å²) in [7, 11) is 0. The Balaban J connectivity index is 1.14. The van der Waals surface area contributed by atoms with E-state index in [-0.39, 0.29) is 23.9 Å². The first-order valence-corrected chi connectivity index (χ1v) is 12.7. The van der Waals surface area contributed by atoms with Gasteiger partial charge >= 0.3 is 0 Å². The van der Waals surface area contributed by atoms with Gasteiger partial charge in [0.15, 0.2) is 0 Å². The molecular weight excluding hydrogens is 428 g/mol. The monoisotopic (exact) mass is 462 g/mol. The molecule has 2 aromatic rings. The lowest BCUT2D eigenvalue weighted by atomic mass is 9.92. The molecule has 3 heterocycles. The van der Waals surface area contributed by atoms with Crippen molar-refractivity contribution in [3.63, 3.8) is 0 Å². The molecular formula is C27H34N4O3. The van der Waals surface area contributed by atoms with Gasteiger partial charge in [-0.15, -0.1) is 0 Å². The number of hydrogen-bond donors (Lipinski definition) is 3. The quantitative estimate of drug-likeness (QED) is 0.610. The van der Waals surface area contributed by atoms with Crippen molar-refractivity contribution in [2.75, 3.05) is 38.6 Å². The van der Waals surface area contributed by atoms with Crippen LogP contribution in [-0.2, 0) is 10.2 Å². The molecule has 2 saturated carbocycles. The van der Waals surface area contributed by atoms with Crippen LogP contribution in [0.3, 0.4) is 0 Å². The summed E-state index contributed by atoms with van der Waals surface area (Å²) in [5.74, 6) is 1.54. The van der Waals surface area contributed by atoms with Gasteiger partial charge in [0, 0.05) is 48.8 Å². The van der Waals surface area contributed by atoms with Crippen LogP contribution in [0.15, 0.2) is 36.5 Å². The van der Waals surface area contributed by atoms with Crippen LogP contribution in [0.4, 0.5) is 5.82 Å². The molecule has 1 amide bonds. The Bertz CT molecular complexity index is 1060. The minimum Gasteiger partial charge on any atom is -0.393 e. The van der Waals surface area contributed by atoms with E-state index in [9.17, 15) is 9.90 Å². The number of ether oxygens (including phenoxy) is 1. The lowest BCUT2D eigenvalue weighted by molar-refractivity contribution is -0.0452. The summed E-state index contributed by atoms with van der Waals surface area (Å²) in [6.45, 7) is 5.36. The second-order valence-corrected chi connectivity index (χ2v) is 10.9. The van der Waals surface area contributed by atoms with E-state index in [1.165, 1.54) is 25.1 Å². The third-order valence-electron chi connectivity index (χ3n) is 8.43. The third kappa shape index (κ3) is 4.10. The van der Waals surface area contributed by atoms with E-state index >= 15 is 0 Å². The number of likely N-dealkylation sites (tertiary alicyclic amines) is 1. The maximum absolute atomic E-state index is 12.9. The number of carbonyl (C=O) groups is 1. The van der Waals surface area contributed by atoms with Crippen LogP contribution in [0.25, 0.3) is 11.1 Å². The van der Waals surface area contributed by atoms with Crippen LogP contribution >= 0.6 is 0 Å². The molecule has 34 heavy (non-hydrogen) atoms. The number of nitrogens with one attached hydrogen (secondary N) is 1. The van der Waals surface area contributed by atoms with E-state index in [1.54, 1.807) is 6.20 Å². The molecule has 0 radical (unpaired) electrons. The Morgan fingerprint density at radius 2 is 1.94 bits per heavy atom. The number of benzene rings is 1. The van der Waals surface area contributed by atoms with Gasteiger partial charge in [-0.2, -0.15) is 0 Å². The number of carbonyl (C=O) groups excluding carboxylic acids is 1. The largest absolute Gasteiger partial charge is 0.393 e. The number of anilines is 1. The first-order valence-electron chi connectivity index (χ1n) is 12.7. The van der Waals surface area contributed by atoms with E-state index < -0.39 is 0 Å². The number of piperidine rings is 1. The molecule has 1 aromatic heterocycles. The molecule has 0 bridgehead atoms. The van der Waals surface area contributed by atoms with E-state index in [0.29, 0.717) is 16.9 Å². The van der Waals surface area contributed by atoms with Crippen LogP contribution < -0.4 is 11.1 Å². The summed E-state index contributed by atoms with van der Waals surface area (Å²) in [6, 6.07) is 10.7. The molecule has 4 N–H and O–H groups in total. The maximum atomic E-state index is 12.9. The Labute approximate surface area is 200 Å². The Morgan fingerprint density at radius 3 is 2.65 bits per heavy atom. The predicted molar refractivity (Wildman–Crippen MR) is 130 cm³/mol. The molecule has 2 saturated heterocycles. The average molecular weight is 463 g/mol. The van der Waals surface area contributed by atoms with Crippen molar-refractivity contribution in [3.8, 4) is 11.1 Å². The topological polar surface area (TPSA) is 101 Å². The van der Waals surface area contributed by atoms with Crippen molar-refractivity contribution in [3.05, 3.63) is 47.7 Å². The van der Waals surface area contributed by atoms with E-state index in [1.807, 2.05) is 6.07 Å². The molecule has 2 atom stereocenters. The Morgan fingerprint density at radius 1 is 1.18 bits per heavy atom. The predicted octanol–water partition coefficient (Wildman–Crippen LogP) is 2.58. The van der Waals surface area contributed by atoms with Gasteiger partial charge in [-0.05, 0) is 55.2 Å². The highest BCUT2D eigenvalue weighted by molar-refractivity contribution is 5.99. The standard InChI is InChI=1S/C27H34N4O3/c28-25-24(26(33)30-22-5-7-23(32)8-6-22)9-19(11-29-25)18-1-3-20(4-2-18)27-10-21(27)13-31(16-27)12-17-14-34-15-17/h1-4,9,11,17,21-23,32H,5-8,10,12-16H2,(H2,28,29)(H,30,33)/t21-,22?,23?,27+/m1/s1. The van der Waals surface area contributed by atoms with Gasteiger partial charge in [0.25, 0.3) is 5.91 Å². The summed E-state index contributed by atoms with van der Waals surface area (Å²) >= 11 is 0. The van der Waals surface area contributed by atoms with E-state index in [4.69, 9.17) is 10.5 Å². The number of nitrogens with zero attached hydrogens (tertiary/aromatic N) is 2. The molecule has 7 heteroatoms. The SMILES string of the molecule is Nc1ncc(-c2ccc([C@@]34C[C@@H]3CN(CC3COC3)C4)cc2)cc1C(=O)NC1CCC(O)CC1. The van der Waals surface area contributed by atoms with Gasteiger partial charge in [0.2, 0.25) is 0 Å². The van der Waals surface area contributed by atoms with Crippen molar-refractivity contribution < 1.29 is 14.6 Å². The van der Waals surface area contributed by atoms with Crippen molar-refractivity contribution in [2.45, 2.75) is 49.7 Å². The molecule has 7 nitrogen and oxygen atoms in total. The van der Waals surface area contributed by atoms with Crippen LogP contribution in [0.2, 0.25) is 0 Å². The molecule has 4 aliphatic rings. The van der Waals surface area contributed by atoms with Gasteiger partial charge in [0.05, 0.1) is 24.9 Å². The van der Waals surface area contributed by atoms with Crippen molar-refractivity contribution in [1.29, 1.82) is 0 Å². The average Bonchev–Trinajstić information content (AvgIpc) is 3.39. The fourth-order valence-electron chi connectivity index (χ4n) is 6.22. The summed E-state index contributed by atoms with van der Waals surface area (Å²) in [5.41, 5.74) is 10.2. The number of nitrogen functional groups attached to an aromatic ring is 1. The summed E-state index contributed by atoms with van der Waals surface area (Å²) in [5, 5.41) is 12.8. The second kappa shape index (κ2) is 8.63. The highest BCUT2D eigenvalue weighted by atomic mass is 16.5. The highest BCUT2D eigenvalue weighted by Gasteiger charge is 2.60. The van der Waals surface area contributed by atoms with Gasteiger partial charge in [-0.25, -0.2) is 4.98 Å². The molecule has 1 aromatic carbocycles. The van der Waals surface area contributed by atoms with Crippen LogP contribution in [-0.4, -0.2) is 65.9 Å². The second-order valence-electron chi connectivity index (χ2n) is 10.9. The smallest absolute Gasteiger partial charge is 0.255 e. The molecule has 0 spiro atoms. The number of rotatable bonds is 6. The number of fused-ring (bicyclic) bond motifs is 1. The minimum absolute atomic E-state index is 0.0757. The van der Waals surface area contributed by atoms with Gasteiger partial charge in [0.1, 0.15) is 5.82 Å². The number of amides is 1. The molecule has 4 fully saturated rings. The summed E-state index contributed by atoms with van der Waals surface area (Å²) in [6.07, 6.45) is 5.80. The number of aromatic nitrogens is 1. The zero-order chi connectivity index (χ0) is 23.3. The lowest BCUT2D eigenvalue weighted by Crippen LogP contribution is -2.40. The number of hydrogen-bond acceptors (Lipinski definition) is 6. The van der Waals surface area contributed by atoms with Gasteiger partial charge < -0.3 is 25.8 Å². The Kier molecular flexibility index (Phi) is 5.59. The van der Waals surface area contributed by atoms with Crippen molar-refractivity contribution >= 4 is 11.7 Å². The zero-order valence-electron chi connectivity index (χ0n) is 19.6. The normalized spacial score (nSPS) is 31.0. The fourth-order valence-corrected chi connectivity index (χ4v) is 6.22. The van der Waals surface area contributed by atoms with Crippen LogP contribution in [0, 0.1) is 11.8 Å². The number of pyridine rings is 1. The molecule has 2 aliphatic heterocycles. The van der Waals surface area contributed by atoms with Crippen molar-refractivity contribution in [1.82, 2.24) is 15.2 Å². The lowest BCUT2D eigenvalue weighted by Gasteiger charge is -2.31. The van der Waals surface area contributed by atoms with E-state index in [0.717, 1.165) is 62.5 Å². The number of nitrogens with two attached hydrogens (primary N) is 1. The fraction of sp³-hybridized carbons (Fsp3) is 0.556. The zero-order valence-corrected chi connectivity index (χ0v) is 19.6. The van der Waals surface area contributed by atoms with Crippen LogP contribution in [0.1, 0.15) is 48.0 Å². The van der Waals surface area contributed by atoms with Crippen molar-refractivity contribution in [2.24, 2.45) is 11.8 Å². The number of aliphatic hydroxyl groups is 1. The van der Waals surface area contributed by atoms with Gasteiger partial charge in [-0.1, -0.05) is 24.3 Å². The minimum atomic E-state index is -0.249. The molecule has 180 valence electrons. The number of aliphatic hydroxyl groups excluding tert-OH is 1. The maximum Gasteiger partial charge on any atom is 0.255 e. The van der Waals surface area contributed by atoms with E-state index in [2.05, 4.69) is 39.5 Å². The molecule has 6 rings (SSSR count). The molecule has 0 unspecified atom stereocenters. The first-order chi connectivity index (χ1) is 16.5. The highest BCUT2D eigenvalue weighted by Crippen LogP contribution is 2.59.